The van der Waals surface area contributed by atoms with Crippen LogP contribution < -0.4 is 0 Å². The second-order valence-corrected chi connectivity index (χ2v) is 3.44. The molecule has 4 heteroatoms. The summed E-state index contributed by atoms with van der Waals surface area (Å²) in [6.45, 7) is 0.487. The molecule has 76 valence electrons. The highest BCUT2D eigenvalue weighted by atomic mass is 16.4. The highest BCUT2D eigenvalue weighted by Crippen LogP contribution is 2.15. The Morgan fingerprint density at radius 3 is 2.79 bits per heavy atom. The van der Waals surface area contributed by atoms with Crippen LogP contribution in [0.4, 0.5) is 0 Å². The van der Waals surface area contributed by atoms with Crippen molar-refractivity contribution in [2.45, 2.75) is 5.92 Å². The third kappa shape index (κ3) is 2.81. The van der Waals surface area contributed by atoms with Crippen LogP contribution in [0, 0.1) is 0 Å². The normalized spacial score (nSPS) is 12.8. The zero-order valence-corrected chi connectivity index (χ0v) is 8.34. The third-order valence-corrected chi connectivity index (χ3v) is 1.93. The van der Waals surface area contributed by atoms with E-state index in [1.54, 1.807) is 24.5 Å². The lowest BCUT2D eigenvalue weighted by Crippen LogP contribution is -2.26. The molecule has 1 atom stereocenters. The van der Waals surface area contributed by atoms with Crippen LogP contribution in [-0.2, 0) is 4.79 Å². The van der Waals surface area contributed by atoms with Crippen LogP contribution in [0.25, 0.3) is 0 Å². The number of likely N-dealkylation sites (N-methyl/N-ethyl adjacent to an activating group) is 1. The van der Waals surface area contributed by atoms with Crippen molar-refractivity contribution in [3.05, 3.63) is 30.1 Å². The summed E-state index contributed by atoms with van der Waals surface area (Å²) >= 11 is 0. The minimum atomic E-state index is -0.813. The van der Waals surface area contributed by atoms with E-state index in [1.807, 2.05) is 19.0 Å². The highest BCUT2D eigenvalue weighted by molar-refractivity contribution is 5.76. The summed E-state index contributed by atoms with van der Waals surface area (Å²) in [7, 11) is 3.71. The summed E-state index contributed by atoms with van der Waals surface area (Å²) in [4.78, 5) is 16.7. The summed E-state index contributed by atoms with van der Waals surface area (Å²) < 4.78 is 0. The minimum Gasteiger partial charge on any atom is -0.481 e. The first kappa shape index (κ1) is 10.7. The fraction of sp³-hybridized carbons (Fsp3) is 0.400. The Balaban J connectivity index is 2.84. The molecule has 0 aliphatic heterocycles. The van der Waals surface area contributed by atoms with Gasteiger partial charge in [0, 0.05) is 18.9 Å². The van der Waals surface area contributed by atoms with Gasteiger partial charge in [0.15, 0.2) is 0 Å². The second-order valence-electron chi connectivity index (χ2n) is 3.44. The molecule has 0 saturated heterocycles. The molecule has 1 heterocycles. The van der Waals surface area contributed by atoms with Crippen LogP contribution in [0.3, 0.4) is 0 Å². The van der Waals surface area contributed by atoms with Crippen LogP contribution in [-0.4, -0.2) is 41.6 Å². The van der Waals surface area contributed by atoms with Crippen molar-refractivity contribution in [2.75, 3.05) is 20.6 Å². The summed E-state index contributed by atoms with van der Waals surface area (Å²) in [6.07, 6.45) is 3.24. The largest absolute Gasteiger partial charge is 0.481 e. The fourth-order valence-electron chi connectivity index (χ4n) is 1.27. The lowest BCUT2D eigenvalue weighted by molar-refractivity contribution is -0.139. The Bertz CT molecular complexity index is 298. The highest BCUT2D eigenvalue weighted by Gasteiger charge is 2.20. The Hall–Kier alpha value is -1.42. The Labute approximate surface area is 83.2 Å². The quantitative estimate of drug-likeness (QED) is 0.770. The van der Waals surface area contributed by atoms with Gasteiger partial charge in [-0.15, -0.1) is 0 Å². The number of rotatable bonds is 4. The van der Waals surface area contributed by atoms with E-state index in [-0.39, 0.29) is 0 Å². The Morgan fingerprint density at radius 1 is 1.64 bits per heavy atom. The first-order valence-corrected chi connectivity index (χ1v) is 4.38. The monoisotopic (exact) mass is 194 g/mol. The topological polar surface area (TPSA) is 53.4 Å². The van der Waals surface area contributed by atoms with E-state index >= 15 is 0 Å². The molecule has 1 rings (SSSR count). The smallest absolute Gasteiger partial charge is 0.312 e. The average molecular weight is 194 g/mol. The van der Waals surface area contributed by atoms with Gasteiger partial charge in [-0.05, 0) is 25.7 Å². The standard InChI is InChI=1S/C10H14N2O2/c1-12(2)7-9(10(13)14)8-4-3-5-11-6-8/h3-6,9H,7H2,1-2H3,(H,13,14). The van der Waals surface area contributed by atoms with Crippen molar-refractivity contribution in [3.63, 3.8) is 0 Å². The molecule has 0 spiro atoms. The van der Waals surface area contributed by atoms with E-state index in [0.717, 1.165) is 5.56 Å². The molecule has 4 nitrogen and oxygen atoms in total. The van der Waals surface area contributed by atoms with E-state index in [2.05, 4.69) is 4.98 Å². The number of hydrogen-bond acceptors (Lipinski definition) is 3. The zero-order chi connectivity index (χ0) is 10.6. The first-order chi connectivity index (χ1) is 6.61. The number of hydrogen-bond donors (Lipinski definition) is 1. The summed E-state index contributed by atoms with van der Waals surface area (Å²) in [5.74, 6) is -1.31. The molecule has 0 radical (unpaired) electrons. The van der Waals surface area contributed by atoms with E-state index in [1.165, 1.54) is 0 Å². The number of aliphatic carboxylic acids is 1. The molecule has 0 aliphatic rings. The SMILES string of the molecule is CN(C)CC(C(=O)O)c1cccnc1. The maximum Gasteiger partial charge on any atom is 0.312 e. The summed E-state index contributed by atoms with van der Waals surface area (Å²) in [5, 5.41) is 9.02. The molecule has 0 bridgehead atoms. The summed E-state index contributed by atoms with van der Waals surface area (Å²) in [6, 6.07) is 3.54. The number of aromatic nitrogens is 1. The van der Waals surface area contributed by atoms with Gasteiger partial charge < -0.3 is 10.0 Å². The van der Waals surface area contributed by atoms with Crippen molar-refractivity contribution < 1.29 is 9.90 Å². The molecule has 0 saturated carbocycles. The van der Waals surface area contributed by atoms with Gasteiger partial charge in [-0.1, -0.05) is 6.07 Å². The van der Waals surface area contributed by atoms with E-state index in [9.17, 15) is 4.79 Å². The lowest BCUT2D eigenvalue weighted by Gasteiger charge is -2.16. The van der Waals surface area contributed by atoms with Crippen LogP contribution in [0.5, 0.6) is 0 Å². The number of carboxylic acid groups (broad SMARTS) is 1. The summed E-state index contributed by atoms with van der Waals surface area (Å²) in [5.41, 5.74) is 0.744. The van der Waals surface area contributed by atoms with Crippen molar-refractivity contribution in [3.8, 4) is 0 Å². The Morgan fingerprint density at radius 2 is 2.36 bits per heavy atom. The molecule has 1 aromatic rings. The van der Waals surface area contributed by atoms with Crippen LogP contribution in [0.15, 0.2) is 24.5 Å². The number of pyridine rings is 1. The van der Waals surface area contributed by atoms with E-state index in [0.29, 0.717) is 6.54 Å². The molecule has 0 fully saturated rings. The van der Waals surface area contributed by atoms with Gasteiger partial charge in [0.25, 0.3) is 0 Å². The predicted octanol–water partition coefficient (Wildman–Crippen LogP) is 0.811. The lowest BCUT2D eigenvalue weighted by atomic mass is 10.0. The molecule has 0 amide bonds. The number of carbonyl (C=O) groups is 1. The molecular formula is C10H14N2O2. The Kier molecular flexibility index (Phi) is 3.59. The zero-order valence-electron chi connectivity index (χ0n) is 8.34. The minimum absolute atomic E-state index is 0.487. The third-order valence-electron chi connectivity index (χ3n) is 1.93. The number of nitrogens with zero attached hydrogens (tertiary/aromatic N) is 2. The molecule has 0 aliphatic carbocycles. The van der Waals surface area contributed by atoms with Crippen LogP contribution >= 0.6 is 0 Å². The van der Waals surface area contributed by atoms with Crippen LogP contribution in [0.2, 0.25) is 0 Å². The molecule has 1 aromatic heterocycles. The second kappa shape index (κ2) is 4.72. The maximum absolute atomic E-state index is 11.0. The van der Waals surface area contributed by atoms with Crippen molar-refractivity contribution in [1.29, 1.82) is 0 Å². The van der Waals surface area contributed by atoms with Gasteiger partial charge in [-0.3, -0.25) is 9.78 Å². The average Bonchev–Trinajstić information content (AvgIpc) is 2.15. The maximum atomic E-state index is 11.0. The van der Waals surface area contributed by atoms with Gasteiger partial charge in [0.05, 0.1) is 5.92 Å². The fourth-order valence-corrected chi connectivity index (χ4v) is 1.27. The van der Waals surface area contributed by atoms with E-state index in [4.69, 9.17) is 5.11 Å². The molecule has 14 heavy (non-hydrogen) atoms. The van der Waals surface area contributed by atoms with Crippen molar-refractivity contribution >= 4 is 5.97 Å². The first-order valence-electron chi connectivity index (χ1n) is 4.38. The molecule has 0 aromatic carbocycles. The molecule has 1 N–H and O–H groups in total. The van der Waals surface area contributed by atoms with Gasteiger partial charge in [-0.25, -0.2) is 0 Å². The van der Waals surface area contributed by atoms with Gasteiger partial charge in [0.2, 0.25) is 0 Å². The van der Waals surface area contributed by atoms with Crippen LogP contribution in [0.1, 0.15) is 11.5 Å². The predicted molar refractivity (Wildman–Crippen MR) is 53.2 cm³/mol. The van der Waals surface area contributed by atoms with Crippen molar-refractivity contribution in [1.82, 2.24) is 9.88 Å². The van der Waals surface area contributed by atoms with Crippen molar-refractivity contribution in [2.24, 2.45) is 0 Å². The van der Waals surface area contributed by atoms with Gasteiger partial charge in [0.1, 0.15) is 0 Å². The number of carboxylic acids is 1. The molecular weight excluding hydrogens is 180 g/mol. The van der Waals surface area contributed by atoms with Gasteiger partial charge >= 0.3 is 5.97 Å². The van der Waals surface area contributed by atoms with Gasteiger partial charge in [-0.2, -0.15) is 0 Å². The van der Waals surface area contributed by atoms with E-state index < -0.39 is 11.9 Å². The molecule has 1 unspecified atom stereocenters.